The Kier molecular flexibility index (Phi) is 7.14. The summed E-state index contributed by atoms with van der Waals surface area (Å²) in [4.78, 5) is 24.8. The molecule has 0 atom stereocenters. The number of nitrogens with one attached hydrogen (secondary N) is 1. The van der Waals surface area contributed by atoms with Crippen LogP contribution in [0.3, 0.4) is 0 Å². The van der Waals surface area contributed by atoms with Crippen molar-refractivity contribution in [1.29, 1.82) is 0 Å². The number of methoxy groups -OCH3 is 1. The van der Waals surface area contributed by atoms with Crippen molar-refractivity contribution in [3.8, 4) is 17.2 Å². The number of para-hydroxylation sites is 1. The molecule has 0 fully saturated rings. The number of carbonyl (C=O) groups is 1. The number of rotatable bonds is 8. The summed E-state index contributed by atoms with van der Waals surface area (Å²) in [7, 11) is 1.33. The summed E-state index contributed by atoms with van der Waals surface area (Å²) < 4.78 is 49.9. The highest BCUT2D eigenvalue weighted by molar-refractivity contribution is 5.92. The molecule has 1 heterocycles. The zero-order chi connectivity index (χ0) is 23.3. The quantitative estimate of drug-likeness (QED) is 0.573. The Morgan fingerprint density at radius 1 is 1.16 bits per heavy atom. The molecule has 0 radical (unpaired) electrons. The van der Waals surface area contributed by atoms with Gasteiger partial charge in [-0.25, -0.2) is 9.07 Å². The van der Waals surface area contributed by atoms with Crippen molar-refractivity contribution in [1.82, 2.24) is 15.1 Å². The van der Waals surface area contributed by atoms with E-state index in [-0.39, 0.29) is 30.2 Å². The summed E-state index contributed by atoms with van der Waals surface area (Å²) >= 11 is 0. The molecule has 0 aliphatic carbocycles. The van der Waals surface area contributed by atoms with E-state index in [0.717, 1.165) is 0 Å². The second-order valence-electron chi connectivity index (χ2n) is 6.73. The third-order valence-electron chi connectivity index (χ3n) is 4.55. The van der Waals surface area contributed by atoms with E-state index < -0.39 is 29.5 Å². The maximum atomic E-state index is 14.1. The van der Waals surface area contributed by atoms with Crippen molar-refractivity contribution in [2.75, 3.05) is 13.7 Å². The summed E-state index contributed by atoms with van der Waals surface area (Å²) in [6.07, 6.45) is 0.267. The molecule has 2 aromatic carbocycles. The standard InChI is InChI=1S/C22H20F3N3O4/c1-13-11-17(29)20(27-28(13)16-6-4-3-5-15(16)23)21(30)26-10-9-14-7-8-18(31-2)19(12-14)32-22(24)25/h3-8,11-12,22H,9-10H2,1-2H3,(H,26,30). The molecule has 0 bridgehead atoms. The molecule has 32 heavy (non-hydrogen) atoms. The highest BCUT2D eigenvalue weighted by Gasteiger charge is 2.17. The summed E-state index contributed by atoms with van der Waals surface area (Å²) in [5, 5.41) is 6.59. The molecule has 0 unspecified atom stereocenters. The Morgan fingerprint density at radius 2 is 1.91 bits per heavy atom. The van der Waals surface area contributed by atoms with Crippen molar-refractivity contribution in [3.63, 3.8) is 0 Å². The maximum Gasteiger partial charge on any atom is 0.387 e. The number of aromatic nitrogens is 2. The van der Waals surface area contributed by atoms with Gasteiger partial charge in [-0.1, -0.05) is 18.2 Å². The first-order valence-electron chi connectivity index (χ1n) is 9.56. The van der Waals surface area contributed by atoms with Gasteiger partial charge in [0.25, 0.3) is 5.91 Å². The fraction of sp³-hybridized carbons (Fsp3) is 0.227. The molecule has 0 spiro atoms. The van der Waals surface area contributed by atoms with E-state index in [4.69, 9.17) is 4.74 Å². The van der Waals surface area contributed by atoms with Crippen molar-refractivity contribution in [2.24, 2.45) is 0 Å². The molecule has 0 aliphatic rings. The topological polar surface area (TPSA) is 82.5 Å². The number of halogens is 3. The van der Waals surface area contributed by atoms with Gasteiger partial charge in [-0.2, -0.15) is 13.9 Å². The zero-order valence-corrected chi connectivity index (χ0v) is 17.3. The summed E-state index contributed by atoms with van der Waals surface area (Å²) in [6, 6.07) is 11.5. The third kappa shape index (κ3) is 5.26. The predicted molar refractivity (Wildman–Crippen MR) is 110 cm³/mol. The van der Waals surface area contributed by atoms with Crippen LogP contribution in [0.15, 0.2) is 53.3 Å². The maximum absolute atomic E-state index is 14.1. The van der Waals surface area contributed by atoms with Gasteiger partial charge in [-0.3, -0.25) is 9.59 Å². The average Bonchev–Trinajstić information content (AvgIpc) is 2.74. The largest absolute Gasteiger partial charge is 0.493 e. The molecule has 7 nitrogen and oxygen atoms in total. The lowest BCUT2D eigenvalue weighted by atomic mass is 10.1. The fourth-order valence-corrected chi connectivity index (χ4v) is 3.04. The Bertz CT molecular complexity index is 1180. The minimum atomic E-state index is -3.01. The first-order chi connectivity index (χ1) is 15.3. The van der Waals surface area contributed by atoms with Gasteiger partial charge >= 0.3 is 6.61 Å². The van der Waals surface area contributed by atoms with Crippen LogP contribution in [0.5, 0.6) is 11.5 Å². The third-order valence-corrected chi connectivity index (χ3v) is 4.55. The minimum Gasteiger partial charge on any atom is -0.493 e. The fourth-order valence-electron chi connectivity index (χ4n) is 3.04. The number of aryl methyl sites for hydroxylation is 1. The molecule has 0 saturated heterocycles. The smallest absolute Gasteiger partial charge is 0.387 e. The van der Waals surface area contributed by atoms with E-state index in [9.17, 15) is 22.8 Å². The number of ether oxygens (including phenoxy) is 2. The van der Waals surface area contributed by atoms with Crippen LogP contribution in [-0.2, 0) is 6.42 Å². The number of hydrogen-bond acceptors (Lipinski definition) is 5. The van der Waals surface area contributed by atoms with E-state index in [1.54, 1.807) is 19.1 Å². The molecule has 0 aliphatic heterocycles. The zero-order valence-electron chi connectivity index (χ0n) is 17.3. The monoisotopic (exact) mass is 447 g/mol. The van der Waals surface area contributed by atoms with Gasteiger partial charge in [0.2, 0.25) is 5.43 Å². The van der Waals surface area contributed by atoms with Gasteiger partial charge in [-0.05, 0) is 43.2 Å². The van der Waals surface area contributed by atoms with Crippen LogP contribution < -0.4 is 20.2 Å². The van der Waals surface area contributed by atoms with Crippen molar-refractivity contribution >= 4 is 5.91 Å². The summed E-state index contributed by atoms with van der Waals surface area (Å²) in [5.41, 5.74) is 0.0626. The molecule has 3 aromatic rings. The molecule has 1 aromatic heterocycles. The molecule has 1 N–H and O–H groups in total. The van der Waals surface area contributed by atoms with Gasteiger partial charge in [0, 0.05) is 18.3 Å². The Balaban J connectivity index is 1.74. The lowest BCUT2D eigenvalue weighted by Gasteiger charge is -2.13. The molecule has 0 saturated carbocycles. The number of carbonyl (C=O) groups excluding carboxylic acids is 1. The van der Waals surface area contributed by atoms with E-state index >= 15 is 0 Å². The molecule has 1 amide bonds. The highest BCUT2D eigenvalue weighted by atomic mass is 19.3. The predicted octanol–water partition coefficient (Wildman–Crippen LogP) is 3.26. The normalized spacial score (nSPS) is 10.8. The number of nitrogens with zero attached hydrogens (tertiary/aromatic N) is 2. The Hall–Kier alpha value is -3.82. The second-order valence-corrected chi connectivity index (χ2v) is 6.73. The summed E-state index contributed by atoms with van der Waals surface area (Å²) in [5.74, 6) is -1.27. The average molecular weight is 447 g/mol. The van der Waals surface area contributed by atoms with Gasteiger partial charge in [-0.15, -0.1) is 0 Å². The lowest BCUT2D eigenvalue weighted by molar-refractivity contribution is -0.0512. The highest BCUT2D eigenvalue weighted by Crippen LogP contribution is 2.29. The van der Waals surface area contributed by atoms with E-state index in [2.05, 4.69) is 15.2 Å². The van der Waals surface area contributed by atoms with Crippen LogP contribution in [0.1, 0.15) is 21.7 Å². The first-order valence-corrected chi connectivity index (χ1v) is 9.56. The van der Waals surface area contributed by atoms with Gasteiger partial charge in [0.1, 0.15) is 11.5 Å². The van der Waals surface area contributed by atoms with Crippen LogP contribution >= 0.6 is 0 Å². The number of alkyl halides is 2. The van der Waals surface area contributed by atoms with Crippen LogP contribution in [0.4, 0.5) is 13.2 Å². The second kappa shape index (κ2) is 9.99. The number of amides is 1. The first kappa shape index (κ1) is 22.9. The van der Waals surface area contributed by atoms with Crippen molar-refractivity contribution in [3.05, 3.63) is 81.5 Å². The van der Waals surface area contributed by atoms with Crippen molar-refractivity contribution < 1.29 is 27.4 Å². The van der Waals surface area contributed by atoms with Crippen LogP contribution in [-0.4, -0.2) is 36.0 Å². The Morgan fingerprint density at radius 3 is 2.59 bits per heavy atom. The van der Waals surface area contributed by atoms with E-state index in [1.165, 1.54) is 48.2 Å². The van der Waals surface area contributed by atoms with Crippen LogP contribution in [0.25, 0.3) is 5.69 Å². The number of benzene rings is 2. The molecule has 168 valence electrons. The van der Waals surface area contributed by atoms with Gasteiger partial charge in [0.15, 0.2) is 17.2 Å². The lowest BCUT2D eigenvalue weighted by Crippen LogP contribution is -2.33. The number of hydrogen-bond donors (Lipinski definition) is 1. The van der Waals surface area contributed by atoms with Gasteiger partial charge in [0.05, 0.1) is 7.11 Å². The van der Waals surface area contributed by atoms with E-state index in [1.807, 2.05) is 0 Å². The molecular weight excluding hydrogens is 427 g/mol. The van der Waals surface area contributed by atoms with Crippen LogP contribution in [0.2, 0.25) is 0 Å². The molecular formula is C22H20F3N3O4. The molecule has 10 heteroatoms. The minimum absolute atomic E-state index is 0.0912. The van der Waals surface area contributed by atoms with Crippen molar-refractivity contribution in [2.45, 2.75) is 20.0 Å². The Labute approximate surface area is 181 Å². The summed E-state index contributed by atoms with van der Waals surface area (Å²) in [6.45, 7) is -1.35. The SMILES string of the molecule is COc1ccc(CCNC(=O)c2nn(-c3ccccc3F)c(C)cc2=O)cc1OC(F)F. The van der Waals surface area contributed by atoms with Gasteiger partial charge < -0.3 is 14.8 Å². The van der Waals surface area contributed by atoms with Crippen LogP contribution in [0, 0.1) is 12.7 Å². The van der Waals surface area contributed by atoms with E-state index in [0.29, 0.717) is 11.3 Å². The molecule has 3 rings (SSSR count).